The number of amides is 1. The molecule has 1 heterocycles. The van der Waals surface area contributed by atoms with Gasteiger partial charge in [-0.15, -0.1) is 0 Å². The predicted octanol–water partition coefficient (Wildman–Crippen LogP) is 0.984. The van der Waals surface area contributed by atoms with E-state index < -0.39 is 11.5 Å². The molecule has 1 unspecified atom stereocenters. The van der Waals surface area contributed by atoms with Crippen LogP contribution in [0.3, 0.4) is 0 Å². The van der Waals surface area contributed by atoms with Gasteiger partial charge < -0.3 is 15.3 Å². The Morgan fingerprint density at radius 2 is 2.17 bits per heavy atom. The highest BCUT2D eigenvalue weighted by molar-refractivity contribution is 5.87. The van der Waals surface area contributed by atoms with Gasteiger partial charge in [-0.25, -0.2) is 4.79 Å². The van der Waals surface area contributed by atoms with Crippen LogP contribution in [0.25, 0.3) is 0 Å². The molecule has 1 saturated heterocycles. The van der Waals surface area contributed by atoms with Gasteiger partial charge >= 0.3 is 5.97 Å². The Labute approximate surface area is 108 Å². The fourth-order valence-electron chi connectivity index (χ4n) is 2.79. The zero-order valence-corrected chi connectivity index (χ0v) is 10.9. The van der Waals surface area contributed by atoms with E-state index in [-0.39, 0.29) is 5.91 Å². The number of nitrogens with zero attached hydrogens (tertiary/aromatic N) is 1. The van der Waals surface area contributed by atoms with Gasteiger partial charge in [0.05, 0.1) is 0 Å². The number of rotatable bonds is 6. The summed E-state index contributed by atoms with van der Waals surface area (Å²) < 4.78 is 0. The lowest BCUT2D eigenvalue weighted by Crippen LogP contribution is -2.53. The van der Waals surface area contributed by atoms with Crippen molar-refractivity contribution >= 4 is 11.9 Å². The van der Waals surface area contributed by atoms with Crippen LogP contribution in [0.15, 0.2) is 0 Å². The second-order valence-corrected chi connectivity index (χ2v) is 5.32. The number of aliphatic carboxylic acids is 1. The third kappa shape index (κ3) is 2.51. The van der Waals surface area contributed by atoms with E-state index in [1.54, 1.807) is 4.90 Å². The first-order valence-electron chi connectivity index (χ1n) is 6.87. The maximum atomic E-state index is 12.1. The molecule has 1 atom stereocenters. The summed E-state index contributed by atoms with van der Waals surface area (Å²) in [4.78, 5) is 25.2. The Bertz CT molecular complexity index is 341. The molecule has 2 rings (SSSR count). The number of carboxylic acids is 1. The summed E-state index contributed by atoms with van der Waals surface area (Å²) in [6.45, 7) is 3.10. The van der Waals surface area contributed by atoms with E-state index in [1.807, 2.05) is 6.92 Å². The second kappa shape index (κ2) is 5.26. The summed E-state index contributed by atoms with van der Waals surface area (Å²) in [5, 5.41) is 12.7. The predicted molar refractivity (Wildman–Crippen MR) is 67.2 cm³/mol. The largest absolute Gasteiger partial charge is 0.479 e. The van der Waals surface area contributed by atoms with E-state index >= 15 is 0 Å². The summed E-state index contributed by atoms with van der Waals surface area (Å²) in [7, 11) is 0. The summed E-state index contributed by atoms with van der Waals surface area (Å²) in [6.07, 6.45) is 4.68. The Morgan fingerprint density at radius 1 is 1.44 bits per heavy atom. The summed E-state index contributed by atoms with van der Waals surface area (Å²) >= 11 is 0. The minimum absolute atomic E-state index is 0.0232. The van der Waals surface area contributed by atoms with Crippen molar-refractivity contribution in [2.24, 2.45) is 0 Å². The normalized spacial score (nSPS) is 27.5. The number of nitrogens with one attached hydrogen (secondary N) is 1. The van der Waals surface area contributed by atoms with E-state index in [4.69, 9.17) is 0 Å². The average Bonchev–Trinajstić information content (AvgIpc) is 3.05. The van der Waals surface area contributed by atoms with E-state index in [0.29, 0.717) is 38.4 Å². The highest BCUT2D eigenvalue weighted by Gasteiger charge is 2.48. The molecule has 5 heteroatoms. The fraction of sp³-hybridized carbons (Fsp3) is 0.846. The van der Waals surface area contributed by atoms with Crippen LogP contribution < -0.4 is 5.32 Å². The van der Waals surface area contributed by atoms with Gasteiger partial charge in [-0.05, 0) is 32.1 Å². The van der Waals surface area contributed by atoms with Crippen molar-refractivity contribution in [3.63, 3.8) is 0 Å². The molecule has 0 bridgehead atoms. The maximum Gasteiger partial charge on any atom is 0.329 e. The van der Waals surface area contributed by atoms with Gasteiger partial charge in [0.2, 0.25) is 5.91 Å². The number of carboxylic acid groups (broad SMARTS) is 1. The first-order chi connectivity index (χ1) is 8.60. The molecule has 18 heavy (non-hydrogen) atoms. The van der Waals surface area contributed by atoms with E-state index in [2.05, 4.69) is 5.32 Å². The van der Waals surface area contributed by atoms with E-state index in [0.717, 1.165) is 6.42 Å². The Morgan fingerprint density at radius 3 is 2.72 bits per heavy atom. The van der Waals surface area contributed by atoms with Crippen molar-refractivity contribution in [1.82, 2.24) is 10.2 Å². The summed E-state index contributed by atoms with van der Waals surface area (Å²) in [5.41, 5.74) is -0.948. The molecule has 0 aromatic carbocycles. The number of hydrogen-bond donors (Lipinski definition) is 2. The molecule has 2 aliphatic rings. The minimum atomic E-state index is -0.948. The lowest BCUT2D eigenvalue weighted by molar-refractivity contribution is -0.156. The molecule has 0 radical (unpaired) electrons. The molecule has 0 aromatic rings. The third-order valence-corrected chi connectivity index (χ3v) is 4.12. The number of likely N-dealkylation sites (tertiary alicyclic amines) is 1. The molecule has 1 saturated carbocycles. The SMILES string of the molecule is CCC1(C(=O)O)CCCN1C(=O)CCNC1CC1. The highest BCUT2D eigenvalue weighted by atomic mass is 16.4. The van der Waals surface area contributed by atoms with E-state index in [1.165, 1.54) is 12.8 Å². The van der Waals surface area contributed by atoms with Crippen LogP contribution in [0.2, 0.25) is 0 Å². The zero-order valence-electron chi connectivity index (χ0n) is 10.9. The summed E-state index contributed by atoms with van der Waals surface area (Å²) in [6, 6.07) is 0.590. The molecular weight excluding hydrogens is 232 g/mol. The van der Waals surface area contributed by atoms with Crippen LogP contribution in [0.5, 0.6) is 0 Å². The molecule has 1 aliphatic heterocycles. The van der Waals surface area contributed by atoms with Crippen LogP contribution in [0.4, 0.5) is 0 Å². The van der Waals surface area contributed by atoms with Crippen molar-refractivity contribution in [3.05, 3.63) is 0 Å². The fourth-order valence-corrected chi connectivity index (χ4v) is 2.79. The third-order valence-electron chi connectivity index (χ3n) is 4.12. The van der Waals surface area contributed by atoms with Crippen LogP contribution in [-0.2, 0) is 9.59 Å². The average molecular weight is 254 g/mol. The topological polar surface area (TPSA) is 69.6 Å². The first-order valence-corrected chi connectivity index (χ1v) is 6.87. The van der Waals surface area contributed by atoms with Crippen molar-refractivity contribution in [2.45, 2.75) is 57.0 Å². The van der Waals surface area contributed by atoms with Gasteiger partial charge in [0.15, 0.2) is 0 Å². The minimum Gasteiger partial charge on any atom is -0.479 e. The van der Waals surface area contributed by atoms with E-state index in [9.17, 15) is 14.7 Å². The van der Waals surface area contributed by atoms with Crippen LogP contribution in [0, 0.1) is 0 Å². The lowest BCUT2D eigenvalue weighted by Gasteiger charge is -2.34. The highest BCUT2D eigenvalue weighted by Crippen LogP contribution is 2.33. The van der Waals surface area contributed by atoms with Gasteiger partial charge in [0.1, 0.15) is 5.54 Å². The van der Waals surface area contributed by atoms with Crippen LogP contribution in [0.1, 0.15) is 45.4 Å². The monoisotopic (exact) mass is 254 g/mol. The molecule has 1 aliphatic carbocycles. The molecule has 0 aromatic heterocycles. The Kier molecular flexibility index (Phi) is 3.90. The van der Waals surface area contributed by atoms with Crippen molar-refractivity contribution in [1.29, 1.82) is 0 Å². The Balaban J connectivity index is 1.92. The smallest absolute Gasteiger partial charge is 0.329 e. The standard InChI is InChI=1S/C13H22N2O3/c1-2-13(12(17)18)7-3-9-15(13)11(16)6-8-14-10-4-5-10/h10,14H,2-9H2,1H3,(H,17,18). The molecule has 5 nitrogen and oxygen atoms in total. The lowest BCUT2D eigenvalue weighted by atomic mass is 9.93. The second-order valence-electron chi connectivity index (χ2n) is 5.32. The first kappa shape index (κ1) is 13.3. The quantitative estimate of drug-likeness (QED) is 0.741. The Hall–Kier alpha value is -1.10. The summed E-state index contributed by atoms with van der Waals surface area (Å²) in [5.74, 6) is -0.879. The van der Waals surface area contributed by atoms with Crippen molar-refractivity contribution < 1.29 is 14.7 Å². The maximum absolute atomic E-state index is 12.1. The molecule has 0 spiro atoms. The number of carbonyl (C=O) groups is 2. The van der Waals surface area contributed by atoms with Crippen molar-refractivity contribution in [3.8, 4) is 0 Å². The zero-order chi connectivity index (χ0) is 13.2. The molecule has 102 valence electrons. The molecule has 2 fully saturated rings. The van der Waals surface area contributed by atoms with Gasteiger partial charge in [-0.3, -0.25) is 4.79 Å². The molecular formula is C13H22N2O3. The van der Waals surface area contributed by atoms with Crippen LogP contribution >= 0.6 is 0 Å². The number of hydrogen-bond acceptors (Lipinski definition) is 3. The van der Waals surface area contributed by atoms with Gasteiger partial charge in [-0.1, -0.05) is 6.92 Å². The van der Waals surface area contributed by atoms with Crippen LogP contribution in [-0.4, -0.2) is 46.6 Å². The van der Waals surface area contributed by atoms with Gasteiger partial charge in [-0.2, -0.15) is 0 Å². The molecule has 1 amide bonds. The van der Waals surface area contributed by atoms with Gasteiger partial charge in [0.25, 0.3) is 0 Å². The molecule has 2 N–H and O–H groups in total. The number of carbonyl (C=O) groups excluding carboxylic acids is 1. The van der Waals surface area contributed by atoms with Gasteiger partial charge in [0, 0.05) is 25.6 Å². The van der Waals surface area contributed by atoms with Crippen molar-refractivity contribution in [2.75, 3.05) is 13.1 Å².